The first-order valence-electron chi connectivity index (χ1n) is 9.23. The smallest absolute Gasteiger partial charge is 0.226 e. The highest BCUT2D eigenvalue weighted by molar-refractivity contribution is 8.00. The summed E-state index contributed by atoms with van der Waals surface area (Å²) in [5.41, 5.74) is 2.24. The van der Waals surface area contributed by atoms with E-state index in [1.54, 1.807) is 11.8 Å². The summed E-state index contributed by atoms with van der Waals surface area (Å²) in [6, 6.07) is 18.1. The van der Waals surface area contributed by atoms with Crippen LogP contribution in [-0.2, 0) is 17.9 Å². The standard InChI is InChI=1S/C20H19N5O2S/c26-18-10-19-24(18)12-17(28-19)20-21-22-23-25(20)11-14-6-8-16(9-7-14)27-13-15-4-2-1-3-5-15/h1-9,17,19H,10-13H2/t17?,19-/m1/s1. The van der Waals surface area contributed by atoms with Crippen LogP contribution in [-0.4, -0.2) is 42.9 Å². The van der Waals surface area contributed by atoms with Gasteiger partial charge in [-0.3, -0.25) is 4.79 Å². The Morgan fingerprint density at radius 1 is 1.07 bits per heavy atom. The van der Waals surface area contributed by atoms with Crippen LogP contribution in [0, 0.1) is 0 Å². The second-order valence-corrected chi connectivity index (χ2v) is 8.33. The van der Waals surface area contributed by atoms with Crippen LogP contribution in [0.1, 0.15) is 28.6 Å². The van der Waals surface area contributed by atoms with Crippen molar-refractivity contribution in [3.63, 3.8) is 0 Å². The van der Waals surface area contributed by atoms with Crippen molar-refractivity contribution in [2.75, 3.05) is 6.54 Å². The van der Waals surface area contributed by atoms with E-state index in [0.29, 0.717) is 31.5 Å². The highest BCUT2D eigenvalue weighted by Crippen LogP contribution is 2.46. The summed E-state index contributed by atoms with van der Waals surface area (Å²) in [5, 5.41) is 12.7. The van der Waals surface area contributed by atoms with Gasteiger partial charge in [0.25, 0.3) is 0 Å². The summed E-state index contributed by atoms with van der Waals surface area (Å²) >= 11 is 1.78. The number of β-lactam (4-membered cyclic amide) rings is 1. The van der Waals surface area contributed by atoms with Gasteiger partial charge in [0, 0.05) is 6.54 Å². The molecule has 142 valence electrons. The van der Waals surface area contributed by atoms with Crippen LogP contribution in [0.5, 0.6) is 5.75 Å². The number of ether oxygens (including phenoxy) is 1. The molecule has 5 rings (SSSR count). The average molecular weight is 393 g/mol. The average Bonchev–Trinajstić information content (AvgIpc) is 3.32. The van der Waals surface area contributed by atoms with E-state index in [-0.39, 0.29) is 11.2 Å². The van der Waals surface area contributed by atoms with Crippen LogP contribution < -0.4 is 4.74 Å². The lowest BCUT2D eigenvalue weighted by Gasteiger charge is -2.32. The zero-order chi connectivity index (χ0) is 18.9. The molecule has 2 fully saturated rings. The molecule has 2 aromatic carbocycles. The van der Waals surface area contributed by atoms with E-state index >= 15 is 0 Å². The lowest BCUT2D eigenvalue weighted by Crippen LogP contribution is -2.46. The molecule has 2 atom stereocenters. The highest BCUT2D eigenvalue weighted by atomic mass is 32.2. The molecule has 1 aromatic heterocycles. The maximum Gasteiger partial charge on any atom is 0.226 e. The third-order valence-corrected chi connectivity index (χ3v) is 6.48. The van der Waals surface area contributed by atoms with Gasteiger partial charge in [0.1, 0.15) is 12.4 Å². The van der Waals surface area contributed by atoms with Gasteiger partial charge in [0.2, 0.25) is 5.91 Å². The Labute approximate surface area is 166 Å². The maximum absolute atomic E-state index is 11.6. The van der Waals surface area contributed by atoms with Crippen molar-refractivity contribution in [2.24, 2.45) is 0 Å². The van der Waals surface area contributed by atoms with E-state index < -0.39 is 0 Å². The summed E-state index contributed by atoms with van der Waals surface area (Å²) in [7, 11) is 0. The van der Waals surface area contributed by atoms with Crippen LogP contribution in [0.2, 0.25) is 0 Å². The molecule has 8 heteroatoms. The van der Waals surface area contributed by atoms with Crippen LogP contribution in [0.25, 0.3) is 0 Å². The minimum absolute atomic E-state index is 0.139. The summed E-state index contributed by atoms with van der Waals surface area (Å²) in [6.07, 6.45) is 0.632. The lowest BCUT2D eigenvalue weighted by atomic mass is 10.2. The Hall–Kier alpha value is -2.87. The van der Waals surface area contributed by atoms with Gasteiger partial charge in [-0.2, -0.15) is 0 Å². The van der Waals surface area contributed by atoms with E-state index in [2.05, 4.69) is 15.5 Å². The number of carbonyl (C=O) groups is 1. The highest BCUT2D eigenvalue weighted by Gasteiger charge is 2.46. The topological polar surface area (TPSA) is 73.1 Å². The van der Waals surface area contributed by atoms with Crippen LogP contribution in [0.3, 0.4) is 0 Å². The fourth-order valence-corrected chi connectivity index (χ4v) is 4.99. The molecule has 3 aromatic rings. The number of thioether (sulfide) groups is 1. The quantitative estimate of drug-likeness (QED) is 0.600. The molecule has 0 spiro atoms. The predicted molar refractivity (Wildman–Crippen MR) is 105 cm³/mol. The Kier molecular flexibility index (Phi) is 4.48. The van der Waals surface area contributed by atoms with E-state index in [0.717, 1.165) is 22.7 Å². The molecular formula is C20H19N5O2S. The van der Waals surface area contributed by atoms with Gasteiger partial charge in [0.15, 0.2) is 5.82 Å². The van der Waals surface area contributed by atoms with Crippen molar-refractivity contribution in [3.05, 3.63) is 71.5 Å². The summed E-state index contributed by atoms with van der Waals surface area (Å²) < 4.78 is 7.67. The second kappa shape index (κ2) is 7.27. The molecular weight excluding hydrogens is 374 g/mol. The predicted octanol–water partition coefficient (Wildman–Crippen LogP) is 2.65. The zero-order valence-electron chi connectivity index (χ0n) is 15.1. The Morgan fingerprint density at radius 2 is 1.89 bits per heavy atom. The van der Waals surface area contributed by atoms with Crippen molar-refractivity contribution in [1.82, 2.24) is 25.1 Å². The first-order chi connectivity index (χ1) is 13.8. The van der Waals surface area contributed by atoms with E-state index in [4.69, 9.17) is 4.74 Å². The molecule has 1 amide bonds. The number of nitrogens with zero attached hydrogens (tertiary/aromatic N) is 5. The Morgan fingerprint density at radius 3 is 2.64 bits per heavy atom. The summed E-state index contributed by atoms with van der Waals surface area (Å²) in [5.74, 6) is 1.89. The van der Waals surface area contributed by atoms with Gasteiger partial charge >= 0.3 is 0 Å². The van der Waals surface area contributed by atoms with Crippen molar-refractivity contribution >= 4 is 17.7 Å². The number of fused-ring (bicyclic) bond motifs is 1. The third kappa shape index (κ3) is 3.35. The molecule has 0 saturated carbocycles. The van der Waals surface area contributed by atoms with Crippen LogP contribution in [0.15, 0.2) is 54.6 Å². The number of hydrogen-bond donors (Lipinski definition) is 0. The van der Waals surface area contributed by atoms with Gasteiger partial charge in [-0.05, 0) is 33.7 Å². The molecule has 2 saturated heterocycles. The van der Waals surface area contributed by atoms with Crippen molar-refractivity contribution in [1.29, 1.82) is 0 Å². The van der Waals surface area contributed by atoms with Crippen LogP contribution in [0.4, 0.5) is 0 Å². The van der Waals surface area contributed by atoms with Gasteiger partial charge in [-0.1, -0.05) is 42.5 Å². The van der Waals surface area contributed by atoms with Crippen molar-refractivity contribution in [3.8, 4) is 5.75 Å². The molecule has 28 heavy (non-hydrogen) atoms. The second-order valence-electron chi connectivity index (χ2n) is 6.94. The molecule has 0 bridgehead atoms. The number of aromatic nitrogens is 4. The van der Waals surface area contributed by atoms with E-state index in [1.165, 1.54) is 0 Å². The largest absolute Gasteiger partial charge is 0.489 e. The molecule has 0 N–H and O–H groups in total. The zero-order valence-corrected chi connectivity index (χ0v) is 16.0. The molecule has 3 heterocycles. The Bertz CT molecular complexity index is 976. The fourth-order valence-electron chi connectivity index (χ4n) is 3.48. The molecule has 2 aliphatic heterocycles. The normalized spacial score (nSPS) is 20.7. The molecule has 7 nitrogen and oxygen atoms in total. The van der Waals surface area contributed by atoms with Crippen molar-refractivity contribution in [2.45, 2.75) is 30.2 Å². The SMILES string of the molecule is O=C1C[C@H]2SC(c3nnnn3Cc3ccc(OCc4ccccc4)cc3)CN12. The lowest BCUT2D eigenvalue weighted by molar-refractivity contribution is -0.140. The third-order valence-electron chi connectivity index (χ3n) is 5.05. The number of hydrogen-bond acceptors (Lipinski definition) is 6. The summed E-state index contributed by atoms with van der Waals surface area (Å²) in [4.78, 5) is 13.5. The number of amides is 1. The minimum atomic E-state index is 0.139. The van der Waals surface area contributed by atoms with Gasteiger partial charge in [-0.15, -0.1) is 16.9 Å². The molecule has 2 aliphatic rings. The van der Waals surface area contributed by atoms with Gasteiger partial charge in [0.05, 0.1) is 23.6 Å². The number of carbonyl (C=O) groups excluding carboxylic acids is 1. The molecule has 0 aliphatic carbocycles. The van der Waals surface area contributed by atoms with Crippen molar-refractivity contribution < 1.29 is 9.53 Å². The Balaban J connectivity index is 1.22. The maximum atomic E-state index is 11.6. The van der Waals surface area contributed by atoms with E-state index in [9.17, 15) is 4.79 Å². The minimum Gasteiger partial charge on any atom is -0.489 e. The summed E-state index contributed by atoms with van der Waals surface area (Å²) in [6.45, 7) is 1.84. The molecule has 0 radical (unpaired) electrons. The van der Waals surface area contributed by atoms with Crippen LogP contribution >= 0.6 is 11.8 Å². The first-order valence-corrected chi connectivity index (χ1v) is 10.2. The van der Waals surface area contributed by atoms with Gasteiger partial charge < -0.3 is 9.64 Å². The fraction of sp³-hybridized carbons (Fsp3) is 0.300. The van der Waals surface area contributed by atoms with E-state index in [1.807, 2.05) is 64.2 Å². The number of rotatable bonds is 6. The monoisotopic (exact) mass is 393 g/mol. The first kappa shape index (κ1) is 17.2. The van der Waals surface area contributed by atoms with Gasteiger partial charge in [-0.25, -0.2) is 4.68 Å². The number of benzene rings is 2. The number of tetrazole rings is 1. The molecule has 1 unspecified atom stereocenters.